The first-order chi connectivity index (χ1) is 15.1. The van der Waals surface area contributed by atoms with Gasteiger partial charge in [-0.1, -0.05) is 24.3 Å². The van der Waals surface area contributed by atoms with Gasteiger partial charge in [-0.3, -0.25) is 9.59 Å². The van der Waals surface area contributed by atoms with Gasteiger partial charge in [0.05, 0.1) is 28.7 Å². The average Bonchev–Trinajstić information content (AvgIpc) is 3.34. The van der Waals surface area contributed by atoms with Gasteiger partial charge in [-0.15, -0.1) is 11.3 Å². The van der Waals surface area contributed by atoms with E-state index in [-0.39, 0.29) is 13.1 Å². The molecule has 1 saturated heterocycles. The fourth-order valence-corrected chi connectivity index (χ4v) is 4.73. The number of aliphatic hydroxyl groups is 1. The number of thioether (sulfide) groups is 1. The molecule has 0 saturated carbocycles. The van der Waals surface area contributed by atoms with Crippen LogP contribution in [-0.4, -0.2) is 68.7 Å². The Morgan fingerprint density at radius 3 is 2.62 bits per heavy atom. The number of amides is 2. The van der Waals surface area contributed by atoms with E-state index in [0.29, 0.717) is 0 Å². The zero-order valence-corrected chi connectivity index (χ0v) is 20.2. The van der Waals surface area contributed by atoms with E-state index < -0.39 is 40.9 Å². The highest BCUT2D eigenvalue weighted by Gasteiger charge is 2.50. The number of aromatic nitrogens is 1. The van der Waals surface area contributed by atoms with Crippen molar-refractivity contribution in [3.05, 3.63) is 41.0 Å². The molecule has 0 unspecified atom stereocenters. The summed E-state index contributed by atoms with van der Waals surface area (Å²) in [5, 5.41) is 12.7. The molecule has 10 heteroatoms. The van der Waals surface area contributed by atoms with Gasteiger partial charge in [0.2, 0.25) is 11.8 Å². The Hall–Kier alpha value is -2.01. The predicted octanol–water partition coefficient (Wildman–Crippen LogP) is 2.11. The minimum Gasteiger partial charge on any atom is -0.388 e. The largest absolute Gasteiger partial charge is 0.388 e. The molecule has 0 spiro atoms. The fourth-order valence-electron chi connectivity index (χ4n) is 3.56. The molecule has 1 fully saturated rings. The maximum absolute atomic E-state index is 14.7. The van der Waals surface area contributed by atoms with Crippen molar-refractivity contribution in [3.63, 3.8) is 0 Å². The van der Waals surface area contributed by atoms with Crippen molar-refractivity contribution < 1.29 is 19.1 Å². The smallest absolute Gasteiger partial charge is 0.246 e. The molecule has 4 N–H and O–H groups in total. The Bertz CT molecular complexity index is 966. The number of β-amino-alcohol motifs (C(OH)–C–C–N with tert-alkyl or cyclic N) is 1. The Balaban J connectivity index is 1.68. The van der Waals surface area contributed by atoms with E-state index in [2.05, 4.69) is 10.3 Å². The number of likely N-dealkylation sites (tertiary alicyclic amines) is 1. The number of hydrogen-bond acceptors (Lipinski definition) is 7. The van der Waals surface area contributed by atoms with Gasteiger partial charge in [0, 0.05) is 11.3 Å². The molecule has 3 rings (SSSR count). The number of alkyl halides is 1. The summed E-state index contributed by atoms with van der Waals surface area (Å²) in [5.41, 5.74) is 10.7. The van der Waals surface area contributed by atoms with Gasteiger partial charge in [-0.05, 0) is 38.2 Å². The average molecular weight is 481 g/mol. The molecule has 2 amide bonds. The summed E-state index contributed by atoms with van der Waals surface area (Å²) >= 11 is 2.97. The van der Waals surface area contributed by atoms with E-state index in [1.165, 1.54) is 11.8 Å². The van der Waals surface area contributed by atoms with Crippen LogP contribution in [-0.2, 0) is 16.1 Å². The number of aliphatic hydroxyl groups excluding tert-OH is 1. The first-order valence-electron chi connectivity index (χ1n) is 10.3. The lowest BCUT2D eigenvalue weighted by Gasteiger charge is -2.33. The fraction of sp³-hybridized carbons (Fsp3) is 0.500. The van der Waals surface area contributed by atoms with E-state index in [0.717, 1.165) is 26.6 Å². The first kappa shape index (κ1) is 24.6. The standard InChI is InChI=1S/C22H29FN4O3S2/c1-12-18(32-11-26-12)14-7-5-13(6-8-14)9-25-20(29)17-16(23)15(28)10-27(17)21(30)19(24)22(2,3)31-4/h5-8,11,15-17,19,28H,9-10,24H2,1-4H3,(H,25,29)/t15-,16-,17-,19+/m0/s1. The van der Waals surface area contributed by atoms with Gasteiger partial charge in [0.15, 0.2) is 6.17 Å². The van der Waals surface area contributed by atoms with Crippen molar-refractivity contribution in [2.45, 2.75) is 56.4 Å². The zero-order valence-electron chi connectivity index (χ0n) is 18.5. The summed E-state index contributed by atoms with van der Waals surface area (Å²) in [6.07, 6.45) is -1.48. The number of rotatable bonds is 7. The molecule has 2 aromatic rings. The Morgan fingerprint density at radius 2 is 2.06 bits per heavy atom. The summed E-state index contributed by atoms with van der Waals surface area (Å²) in [6.45, 7) is 5.48. The summed E-state index contributed by atoms with van der Waals surface area (Å²) in [4.78, 5) is 32.2. The van der Waals surface area contributed by atoms with E-state index in [4.69, 9.17) is 5.73 Å². The molecule has 7 nitrogen and oxygen atoms in total. The summed E-state index contributed by atoms with van der Waals surface area (Å²) in [5.74, 6) is -1.20. The van der Waals surface area contributed by atoms with Crippen molar-refractivity contribution in [1.82, 2.24) is 15.2 Å². The van der Waals surface area contributed by atoms with Crippen LogP contribution in [0.15, 0.2) is 29.8 Å². The van der Waals surface area contributed by atoms with Crippen LogP contribution in [0.4, 0.5) is 4.39 Å². The molecule has 0 bridgehead atoms. The number of hydrogen-bond donors (Lipinski definition) is 3. The van der Waals surface area contributed by atoms with Gasteiger partial charge in [0.1, 0.15) is 12.1 Å². The number of thiazole rings is 1. The summed E-state index contributed by atoms with van der Waals surface area (Å²) in [6, 6.07) is 5.29. The van der Waals surface area contributed by atoms with E-state index >= 15 is 0 Å². The quantitative estimate of drug-likeness (QED) is 0.560. The van der Waals surface area contributed by atoms with Crippen LogP contribution in [0.2, 0.25) is 0 Å². The van der Waals surface area contributed by atoms with Crippen LogP contribution in [0.1, 0.15) is 25.1 Å². The first-order valence-corrected chi connectivity index (χ1v) is 12.4. The van der Waals surface area contributed by atoms with Gasteiger partial charge >= 0.3 is 0 Å². The van der Waals surface area contributed by atoms with Crippen LogP contribution in [0.25, 0.3) is 10.4 Å². The van der Waals surface area contributed by atoms with Gasteiger partial charge in [-0.2, -0.15) is 11.8 Å². The molecule has 0 aliphatic carbocycles. The summed E-state index contributed by atoms with van der Waals surface area (Å²) in [7, 11) is 0. The maximum atomic E-state index is 14.7. The molecule has 1 aromatic heterocycles. The van der Waals surface area contributed by atoms with Crippen LogP contribution in [0, 0.1) is 6.92 Å². The van der Waals surface area contributed by atoms with E-state index in [9.17, 15) is 19.1 Å². The van der Waals surface area contributed by atoms with Crippen LogP contribution in [0.3, 0.4) is 0 Å². The lowest BCUT2D eigenvalue weighted by molar-refractivity contribution is -0.141. The zero-order chi connectivity index (χ0) is 23.6. The third-order valence-corrected chi connectivity index (χ3v) is 8.19. The van der Waals surface area contributed by atoms with Crippen molar-refractivity contribution >= 4 is 34.9 Å². The maximum Gasteiger partial charge on any atom is 0.246 e. The monoisotopic (exact) mass is 480 g/mol. The molecule has 1 aliphatic rings. The molecule has 1 aliphatic heterocycles. The van der Waals surface area contributed by atoms with Gasteiger partial charge < -0.3 is 21.1 Å². The number of benzene rings is 1. The van der Waals surface area contributed by atoms with Crippen LogP contribution < -0.4 is 11.1 Å². The number of halogens is 1. The minimum atomic E-state index is -1.87. The molecular weight excluding hydrogens is 451 g/mol. The Kier molecular flexibility index (Phi) is 7.59. The van der Waals surface area contributed by atoms with Crippen LogP contribution >= 0.6 is 23.1 Å². The summed E-state index contributed by atoms with van der Waals surface area (Å²) < 4.78 is 14.1. The molecule has 4 atom stereocenters. The van der Waals surface area contributed by atoms with Crippen molar-refractivity contribution in [3.8, 4) is 10.4 Å². The molecule has 1 aromatic carbocycles. The number of carbonyl (C=O) groups excluding carboxylic acids is 2. The highest BCUT2D eigenvalue weighted by molar-refractivity contribution is 8.00. The highest BCUT2D eigenvalue weighted by atomic mass is 32.2. The SMILES string of the molecule is CSC(C)(C)[C@H](N)C(=O)N1C[C@H](O)[C@H](F)[C@H]1C(=O)NCc1ccc(-c2scnc2C)cc1. The second kappa shape index (κ2) is 9.86. The number of aryl methyl sites for hydroxylation is 1. The normalized spacial score (nSPS) is 22.1. The Morgan fingerprint density at radius 1 is 1.41 bits per heavy atom. The number of nitrogens with two attached hydrogens (primary N) is 1. The Labute approximate surface area is 195 Å². The van der Waals surface area contributed by atoms with E-state index in [1.54, 1.807) is 16.8 Å². The van der Waals surface area contributed by atoms with Crippen LogP contribution in [0.5, 0.6) is 0 Å². The highest BCUT2D eigenvalue weighted by Crippen LogP contribution is 2.30. The number of nitrogens with one attached hydrogen (secondary N) is 1. The number of carbonyl (C=O) groups is 2. The molecule has 174 valence electrons. The lowest BCUT2D eigenvalue weighted by Crippen LogP contribution is -2.57. The second-order valence-corrected chi connectivity index (χ2v) is 10.7. The third-order valence-electron chi connectivity index (χ3n) is 5.91. The lowest BCUT2D eigenvalue weighted by atomic mass is 10.0. The third kappa shape index (κ3) is 4.98. The second-order valence-electron chi connectivity index (χ2n) is 8.41. The van der Waals surface area contributed by atoms with Crippen molar-refractivity contribution in [2.24, 2.45) is 5.73 Å². The van der Waals surface area contributed by atoms with Crippen molar-refractivity contribution in [2.75, 3.05) is 12.8 Å². The van der Waals surface area contributed by atoms with E-state index in [1.807, 2.05) is 51.3 Å². The molecular formula is C22H29FN4O3S2. The molecule has 2 heterocycles. The molecule has 32 heavy (non-hydrogen) atoms. The number of nitrogens with zero attached hydrogens (tertiary/aromatic N) is 2. The molecule has 0 radical (unpaired) electrons. The topological polar surface area (TPSA) is 109 Å². The predicted molar refractivity (Wildman–Crippen MR) is 126 cm³/mol. The van der Waals surface area contributed by atoms with Gasteiger partial charge in [0.25, 0.3) is 0 Å². The minimum absolute atomic E-state index is 0.171. The van der Waals surface area contributed by atoms with Crippen molar-refractivity contribution in [1.29, 1.82) is 0 Å². The van der Waals surface area contributed by atoms with Gasteiger partial charge in [-0.25, -0.2) is 9.37 Å².